The summed E-state index contributed by atoms with van der Waals surface area (Å²) in [4.78, 5) is 17.7. The van der Waals surface area contributed by atoms with Crippen molar-refractivity contribution >= 4 is 5.78 Å². The van der Waals surface area contributed by atoms with Crippen LogP contribution in [0, 0.1) is 12.8 Å². The third kappa shape index (κ3) is 1.85. The maximum atomic E-state index is 11.5. The molecule has 1 aliphatic heterocycles. The first-order chi connectivity index (χ1) is 6.65. The van der Waals surface area contributed by atoms with Gasteiger partial charge in [0.25, 0.3) is 0 Å². The third-order valence-corrected chi connectivity index (χ3v) is 2.54. The first-order valence-corrected chi connectivity index (χ1v) is 4.77. The average Bonchev–Trinajstić information content (AvgIpc) is 2.61. The van der Waals surface area contributed by atoms with Gasteiger partial charge in [0, 0.05) is 25.8 Å². The topological polar surface area (TPSA) is 46.3 Å². The Balaban J connectivity index is 2.01. The van der Waals surface area contributed by atoms with Crippen molar-refractivity contribution in [1.29, 1.82) is 0 Å². The summed E-state index contributed by atoms with van der Waals surface area (Å²) in [6.07, 6.45) is 2.35. The number of Topliss-reactive ketones (excluding diaryl/α,β-unsaturated/α-hetero) is 1. The smallest absolute Gasteiger partial charge is 0.191 e. The second kappa shape index (κ2) is 3.53. The Labute approximate surface area is 82.9 Å². The Morgan fingerprint density at radius 3 is 3.00 bits per heavy atom. The van der Waals surface area contributed by atoms with Gasteiger partial charge in [-0.1, -0.05) is 0 Å². The van der Waals surface area contributed by atoms with Crippen molar-refractivity contribution in [2.24, 2.45) is 5.92 Å². The SMILES string of the molecule is Cc1nc(CC2CN(C)CC2=O)co1. The van der Waals surface area contributed by atoms with Crippen LogP contribution in [0.1, 0.15) is 11.6 Å². The van der Waals surface area contributed by atoms with Crippen molar-refractivity contribution in [2.45, 2.75) is 13.3 Å². The van der Waals surface area contributed by atoms with Crippen molar-refractivity contribution < 1.29 is 9.21 Å². The molecule has 1 aromatic heterocycles. The molecule has 0 aromatic carbocycles. The Hall–Kier alpha value is -1.16. The second-order valence-electron chi connectivity index (χ2n) is 3.92. The van der Waals surface area contributed by atoms with Crippen LogP contribution >= 0.6 is 0 Å². The molecule has 4 nitrogen and oxygen atoms in total. The van der Waals surface area contributed by atoms with Crippen LogP contribution in [0.5, 0.6) is 0 Å². The van der Waals surface area contributed by atoms with Gasteiger partial charge in [-0.25, -0.2) is 4.98 Å². The Kier molecular flexibility index (Phi) is 2.37. The lowest BCUT2D eigenvalue weighted by atomic mass is 10.0. The van der Waals surface area contributed by atoms with Crippen molar-refractivity contribution in [3.05, 3.63) is 17.8 Å². The number of likely N-dealkylation sites (N-methyl/N-ethyl adjacent to an activating group) is 1. The Bertz CT molecular complexity index is 346. The Morgan fingerprint density at radius 2 is 2.50 bits per heavy atom. The molecule has 2 heterocycles. The van der Waals surface area contributed by atoms with Crippen LogP contribution in [0.15, 0.2) is 10.7 Å². The lowest BCUT2D eigenvalue weighted by molar-refractivity contribution is -0.119. The van der Waals surface area contributed by atoms with Crippen molar-refractivity contribution in [3.8, 4) is 0 Å². The fraction of sp³-hybridized carbons (Fsp3) is 0.600. The van der Waals surface area contributed by atoms with Crippen molar-refractivity contribution in [3.63, 3.8) is 0 Å². The maximum absolute atomic E-state index is 11.5. The third-order valence-electron chi connectivity index (χ3n) is 2.54. The Morgan fingerprint density at radius 1 is 1.71 bits per heavy atom. The lowest BCUT2D eigenvalue weighted by Gasteiger charge is -2.05. The molecular formula is C10H14N2O2. The number of rotatable bonds is 2. The van der Waals surface area contributed by atoms with E-state index in [1.54, 1.807) is 6.26 Å². The molecule has 4 heteroatoms. The predicted octanol–water partition coefficient (Wildman–Crippen LogP) is 0.656. The number of hydrogen-bond acceptors (Lipinski definition) is 4. The zero-order valence-corrected chi connectivity index (χ0v) is 8.49. The van der Waals surface area contributed by atoms with E-state index >= 15 is 0 Å². The lowest BCUT2D eigenvalue weighted by Crippen LogP contribution is -2.15. The molecule has 1 unspecified atom stereocenters. The molecule has 0 N–H and O–H groups in total. The summed E-state index contributed by atoms with van der Waals surface area (Å²) in [5.41, 5.74) is 0.885. The quantitative estimate of drug-likeness (QED) is 0.693. The second-order valence-corrected chi connectivity index (χ2v) is 3.92. The highest BCUT2D eigenvalue weighted by molar-refractivity contribution is 5.85. The molecule has 1 aliphatic rings. The molecule has 0 spiro atoms. The number of oxazole rings is 1. The van der Waals surface area contributed by atoms with E-state index in [2.05, 4.69) is 4.98 Å². The van der Waals surface area contributed by atoms with Gasteiger partial charge in [-0.3, -0.25) is 9.69 Å². The predicted molar refractivity (Wildman–Crippen MR) is 50.9 cm³/mol. The first kappa shape index (κ1) is 9.40. The summed E-state index contributed by atoms with van der Waals surface area (Å²) in [7, 11) is 1.96. The fourth-order valence-electron chi connectivity index (χ4n) is 1.87. The molecule has 0 amide bonds. The van der Waals surface area contributed by atoms with E-state index in [4.69, 9.17) is 4.42 Å². The highest BCUT2D eigenvalue weighted by Gasteiger charge is 2.28. The number of carbonyl (C=O) groups is 1. The van der Waals surface area contributed by atoms with Crippen LogP contribution < -0.4 is 0 Å². The summed E-state index contributed by atoms with van der Waals surface area (Å²) in [5.74, 6) is 1.08. The minimum absolute atomic E-state index is 0.101. The van der Waals surface area contributed by atoms with Crippen molar-refractivity contribution in [2.75, 3.05) is 20.1 Å². The fourth-order valence-corrected chi connectivity index (χ4v) is 1.87. The molecule has 0 radical (unpaired) electrons. The van der Waals surface area contributed by atoms with Gasteiger partial charge in [-0.2, -0.15) is 0 Å². The molecule has 0 saturated carbocycles. The number of aromatic nitrogens is 1. The highest BCUT2D eigenvalue weighted by Crippen LogP contribution is 2.16. The van der Waals surface area contributed by atoms with Crippen LogP contribution in [0.4, 0.5) is 0 Å². The summed E-state index contributed by atoms with van der Waals surface area (Å²) in [6, 6.07) is 0. The summed E-state index contributed by atoms with van der Waals surface area (Å²) < 4.78 is 5.10. The van der Waals surface area contributed by atoms with Gasteiger partial charge < -0.3 is 4.42 Å². The average molecular weight is 194 g/mol. The van der Waals surface area contributed by atoms with E-state index in [0.29, 0.717) is 24.6 Å². The normalized spacial score (nSPS) is 23.3. The molecule has 76 valence electrons. The molecule has 14 heavy (non-hydrogen) atoms. The van der Waals surface area contributed by atoms with Gasteiger partial charge in [-0.15, -0.1) is 0 Å². The number of hydrogen-bond donors (Lipinski definition) is 0. The minimum Gasteiger partial charge on any atom is -0.449 e. The van der Waals surface area contributed by atoms with Gasteiger partial charge in [0.15, 0.2) is 11.7 Å². The zero-order chi connectivity index (χ0) is 10.1. The summed E-state index contributed by atoms with van der Waals surface area (Å²) in [6.45, 7) is 3.22. The number of ketones is 1. The highest BCUT2D eigenvalue weighted by atomic mass is 16.3. The van der Waals surface area contributed by atoms with Crippen LogP contribution in [0.2, 0.25) is 0 Å². The number of carbonyl (C=O) groups excluding carboxylic acids is 1. The van der Waals surface area contributed by atoms with Crippen LogP contribution in [-0.2, 0) is 11.2 Å². The maximum Gasteiger partial charge on any atom is 0.191 e. The van der Waals surface area contributed by atoms with Gasteiger partial charge in [0.2, 0.25) is 0 Å². The molecule has 0 bridgehead atoms. The van der Waals surface area contributed by atoms with Crippen molar-refractivity contribution in [1.82, 2.24) is 9.88 Å². The molecular weight excluding hydrogens is 180 g/mol. The molecule has 1 atom stereocenters. The van der Waals surface area contributed by atoms with Crippen LogP contribution in [0.3, 0.4) is 0 Å². The van der Waals surface area contributed by atoms with Gasteiger partial charge in [0.05, 0.1) is 12.2 Å². The monoisotopic (exact) mass is 194 g/mol. The van der Waals surface area contributed by atoms with Crippen LogP contribution in [0.25, 0.3) is 0 Å². The van der Waals surface area contributed by atoms with E-state index in [1.165, 1.54) is 0 Å². The zero-order valence-electron chi connectivity index (χ0n) is 8.49. The number of nitrogens with zero attached hydrogens (tertiary/aromatic N) is 2. The molecule has 1 saturated heterocycles. The summed E-state index contributed by atoms with van der Waals surface area (Å²) >= 11 is 0. The number of likely N-dealkylation sites (tertiary alicyclic amines) is 1. The van der Waals surface area contributed by atoms with E-state index < -0.39 is 0 Å². The van der Waals surface area contributed by atoms with Gasteiger partial charge in [-0.05, 0) is 7.05 Å². The molecule has 0 aliphatic carbocycles. The van der Waals surface area contributed by atoms with E-state index in [9.17, 15) is 4.79 Å². The molecule has 2 rings (SSSR count). The largest absolute Gasteiger partial charge is 0.449 e. The van der Waals surface area contributed by atoms with Gasteiger partial charge >= 0.3 is 0 Å². The minimum atomic E-state index is 0.101. The van der Waals surface area contributed by atoms with Gasteiger partial charge in [0.1, 0.15) is 6.26 Å². The van der Waals surface area contributed by atoms with E-state index in [0.717, 1.165) is 12.2 Å². The van der Waals surface area contributed by atoms with E-state index in [-0.39, 0.29) is 5.92 Å². The van der Waals surface area contributed by atoms with Crippen LogP contribution in [-0.4, -0.2) is 35.8 Å². The van der Waals surface area contributed by atoms with E-state index in [1.807, 2.05) is 18.9 Å². The molecule has 1 fully saturated rings. The first-order valence-electron chi connectivity index (χ1n) is 4.77. The number of aryl methyl sites for hydroxylation is 1. The standard InChI is InChI=1S/C10H14N2O2/c1-7-11-9(6-14-7)3-8-4-12(2)5-10(8)13/h6,8H,3-5H2,1-2H3. The molecule has 1 aromatic rings. The summed E-state index contributed by atoms with van der Waals surface area (Å²) in [5, 5.41) is 0.